The lowest BCUT2D eigenvalue weighted by atomic mass is 9.97. The van der Waals surface area contributed by atoms with Crippen molar-refractivity contribution in [3.8, 4) is 0 Å². The van der Waals surface area contributed by atoms with Crippen LogP contribution in [0.5, 0.6) is 0 Å². The normalized spacial score (nSPS) is 17.1. The quantitative estimate of drug-likeness (QED) is 0.860. The molecule has 128 valence electrons. The molecule has 1 heterocycles. The number of nitrogens with zero attached hydrogens (tertiary/aromatic N) is 1. The van der Waals surface area contributed by atoms with E-state index >= 15 is 0 Å². The molecule has 1 aromatic carbocycles. The maximum atomic E-state index is 13.1. The molecule has 1 atom stereocenters. The number of amides is 2. The van der Waals surface area contributed by atoms with Gasteiger partial charge in [-0.15, -0.1) is 0 Å². The van der Waals surface area contributed by atoms with Gasteiger partial charge in [-0.05, 0) is 56.5 Å². The van der Waals surface area contributed by atoms with Gasteiger partial charge in [0.25, 0.3) is 0 Å². The van der Waals surface area contributed by atoms with Gasteiger partial charge in [0.1, 0.15) is 5.82 Å². The first-order chi connectivity index (χ1) is 11.0. The Balaban J connectivity index is 1.85. The molecular weight excluding hydrogens is 317 g/mol. The molecule has 0 unspecified atom stereocenters. The number of benzene rings is 1. The number of carbonyl (C=O) groups excluding carboxylic acids is 1. The van der Waals surface area contributed by atoms with Gasteiger partial charge in [0, 0.05) is 18.1 Å². The van der Waals surface area contributed by atoms with Crippen molar-refractivity contribution in [3.05, 3.63) is 34.6 Å². The third-order valence-electron chi connectivity index (χ3n) is 4.35. The predicted molar refractivity (Wildman–Crippen MR) is 91.2 cm³/mol. The summed E-state index contributed by atoms with van der Waals surface area (Å²) in [4.78, 5) is 14.2. The van der Waals surface area contributed by atoms with E-state index in [0.29, 0.717) is 10.9 Å². The molecule has 6 heteroatoms. The first kappa shape index (κ1) is 18.0. The fourth-order valence-corrected chi connectivity index (χ4v) is 3.23. The standard InChI is InChI=1S/C17H25ClFN3O/c1-3-20-11-13-6-8-22(9-7-13)17(23)21-12(2)15-5-4-14(19)10-16(15)18/h4-5,10,12-13,20H,3,6-9,11H2,1-2H3,(H,21,23)/t12-/m0/s1. The molecule has 1 aliphatic heterocycles. The molecule has 1 saturated heterocycles. The number of halogens is 2. The second-order valence-corrected chi connectivity index (χ2v) is 6.48. The molecule has 0 radical (unpaired) electrons. The number of hydrogen-bond acceptors (Lipinski definition) is 2. The molecule has 1 aliphatic rings. The van der Waals surface area contributed by atoms with Crippen LogP contribution in [0.15, 0.2) is 18.2 Å². The van der Waals surface area contributed by atoms with E-state index in [0.717, 1.165) is 44.6 Å². The Kier molecular flexibility index (Phi) is 6.66. The number of nitrogens with one attached hydrogen (secondary N) is 2. The number of rotatable bonds is 5. The van der Waals surface area contributed by atoms with Gasteiger partial charge in [-0.3, -0.25) is 0 Å². The van der Waals surface area contributed by atoms with Crippen LogP contribution in [0.25, 0.3) is 0 Å². The van der Waals surface area contributed by atoms with Gasteiger partial charge >= 0.3 is 6.03 Å². The van der Waals surface area contributed by atoms with E-state index < -0.39 is 0 Å². The van der Waals surface area contributed by atoms with Crippen molar-refractivity contribution in [1.82, 2.24) is 15.5 Å². The Hall–Kier alpha value is -1.33. The van der Waals surface area contributed by atoms with Gasteiger partial charge < -0.3 is 15.5 Å². The van der Waals surface area contributed by atoms with Crippen LogP contribution in [-0.2, 0) is 0 Å². The number of piperidine rings is 1. The molecule has 23 heavy (non-hydrogen) atoms. The van der Waals surface area contributed by atoms with E-state index in [4.69, 9.17) is 11.6 Å². The van der Waals surface area contributed by atoms with Crippen molar-refractivity contribution >= 4 is 17.6 Å². The monoisotopic (exact) mass is 341 g/mol. The summed E-state index contributed by atoms with van der Waals surface area (Å²) >= 11 is 6.05. The summed E-state index contributed by atoms with van der Waals surface area (Å²) in [5, 5.41) is 6.65. The van der Waals surface area contributed by atoms with Crippen LogP contribution in [0, 0.1) is 11.7 Å². The summed E-state index contributed by atoms with van der Waals surface area (Å²) in [6.45, 7) is 7.50. The molecule has 0 aromatic heterocycles. The van der Waals surface area contributed by atoms with Crippen LogP contribution < -0.4 is 10.6 Å². The van der Waals surface area contributed by atoms with Crippen LogP contribution in [-0.4, -0.2) is 37.1 Å². The Morgan fingerprint density at radius 3 is 2.74 bits per heavy atom. The first-order valence-corrected chi connectivity index (χ1v) is 8.60. The van der Waals surface area contributed by atoms with E-state index in [1.165, 1.54) is 12.1 Å². The average Bonchev–Trinajstić information content (AvgIpc) is 2.53. The molecule has 4 nitrogen and oxygen atoms in total. The molecule has 0 spiro atoms. The smallest absolute Gasteiger partial charge is 0.317 e. The lowest BCUT2D eigenvalue weighted by molar-refractivity contribution is 0.167. The minimum atomic E-state index is -0.375. The van der Waals surface area contributed by atoms with Crippen molar-refractivity contribution < 1.29 is 9.18 Å². The lowest BCUT2D eigenvalue weighted by Crippen LogP contribution is -2.46. The maximum Gasteiger partial charge on any atom is 0.317 e. The zero-order chi connectivity index (χ0) is 16.8. The van der Waals surface area contributed by atoms with Gasteiger partial charge in [-0.25, -0.2) is 9.18 Å². The van der Waals surface area contributed by atoms with Crippen LogP contribution in [0.4, 0.5) is 9.18 Å². The van der Waals surface area contributed by atoms with Gasteiger partial charge in [0.2, 0.25) is 0 Å². The highest BCUT2D eigenvalue weighted by Gasteiger charge is 2.24. The van der Waals surface area contributed by atoms with Crippen LogP contribution in [0.1, 0.15) is 38.3 Å². The van der Waals surface area contributed by atoms with E-state index in [9.17, 15) is 9.18 Å². The summed E-state index contributed by atoms with van der Waals surface area (Å²) in [6, 6.07) is 3.91. The topological polar surface area (TPSA) is 44.4 Å². The predicted octanol–water partition coefficient (Wildman–Crippen LogP) is 3.57. The SMILES string of the molecule is CCNCC1CCN(C(=O)N[C@@H](C)c2ccc(F)cc2Cl)CC1. The number of urea groups is 1. The van der Waals surface area contributed by atoms with Crippen LogP contribution >= 0.6 is 11.6 Å². The third-order valence-corrected chi connectivity index (χ3v) is 4.68. The molecule has 2 N–H and O–H groups in total. The molecule has 0 aliphatic carbocycles. The second kappa shape index (κ2) is 8.50. The fraction of sp³-hybridized carbons (Fsp3) is 0.588. The average molecular weight is 342 g/mol. The third kappa shape index (κ3) is 5.08. The Morgan fingerprint density at radius 2 is 2.13 bits per heavy atom. The molecule has 0 saturated carbocycles. The Morgan fingerprint density at radius 1 is 1.43 bits per heavy atom. The summed E-state index contributed by atoms with van der Waals surface area (Å²) in [7, 11) is 0. The summed E-state index contributed by atoms with van der Waals surface area (Å²) < 4.78 is 13.1. The highest BCUT2D eigenvalue weighted by atomic mass is 35.5. The van der Waals surface area contributed by atoms with Gasteiger partial charge in [0.15, 0.2) is 0 Å². The Labute approximate surface area is 142 Å². The van der Waals surface area contributed by atoms with Crippen molar-refractivity contribution in [2.24, 2.45) is 5.92 Å². The van der Waals surface area contributed by atoms with Crippen LogP contribution in [0.3, 0.4) is 0 Å². The molecule has 2 amide bonds. The molecule has 1 aromatic rings. The van der Waals surface area contributed by atoms with E-state index in [2.05, 4.69) is 17.6 Å². The largest absolute Gasteiger partial charge is 0.331 e. The lowest BCUT2D eigenvalue weighted by Gasteiger charge is -2.33. The Bertz CT molecular complexity index is 533. The molecule has 0 bridgehead atoms. The van der Waals surface area contributed by atoms with Gasteiger partial charge in [-0.2, -0.15) is 0 Å². The zero-order valence-electron chi connectivity index (χ0n) is 13.7. The fourth-order valence-electron chi connectivity index (χ4n) is 2.90. The van der Waals surface area contributed by atoms with Crippen molar-refractivity contribution in [3.63, 3.8) is 0 Å². The molecular formula is C17H25ClFN3O. The van der Waals surface area contributed by atoms with E-state index in [-0.39, 0.29) is 17.9 Å². The minimum absolute atomic E-state index is 0.0835. The molecule has 1 fully saturated rings. The number of hydrogen-bond donors (Lipinski definition) is 2. The van der Waals surface area contributed by atoms with Gasteiger partial charge in [-0.1, -0.05) is 24.6 Å². The first-order valence-electron chi connectivity index (χ1n) is 8.22. The maximum absolute atomic E-state index is 13.1. The summed E-state index contributed by atoms with van der Waals surface area (Å²) in [5.41, 5.74) is 0.725. The number of likely N-dealkylation sites (tertiary alicyclic amines) is 1. The van der Waals surface area contributed by atoms with Crippen molar-refractivity contribution in [2.75, 3.05) is 26.2 Å². The van der Waals surface area contributed by atoms with E-state index in [1.807, 2.05) is 11.8 Å². The summed E-state index contributed by atoms with van der Waals surface area (Å²) in [6.07, 6.45) is 2.04. The molecule has 2 rings (SSSR count). The highest BCUT2D eigenvalue weighted by Crippen LogP contribution is 2.24. The summed E-state index contributed by atoms with van der Waals surface area (Å²) in [5.74, 6) is 0.267. The van der Waals surface area contributed by atoms with Crippen molar-refractivity contribution in [1.29, 1.82) is 0 Å². The van der Waals surface area contributed by atoms with Crippen molar-refractivity contribution in [2.45, 2.75) is 32.7 Å². The minimum Gasteiger partial charge on any atom is -0.331 e. The highest BCUT2D eigenvalue weighted by molar-refractivity contribution is 6.31. The van der Waals surface area contributed by atoms with Gasteiger partial charge in [0.05, 0.1) is 6.04 Å². The number of carbonyl (C=O) groups is 1. The zero-order valence-corrected chi connectivity index (χ0v) is 14.5. The van der Waals surface area contributed by atoms with Crippen LogP contribution in [0.2, 0.25) is 5.02 Å². The van der Waals surface area contributed by atoms with E-state index in [1.54, 1.807) is 6.07 Å². The second-order valence-electron chi connectivity index (χ2n) is 6.08.